The number of halogens is 2. The van der Waals surface area contributed by atoms with Crippen molar-refractivity contribution >= 4 is 44.9 Å². The fraction of sp³-hybridized carbons (Fsp3) is 0.235. The normalized spacial score (nSPS) is 11.1. The molecule has 0 atom stereocenters. The first-order valence-corrected chi connectivity index (χ1v) is 9.76. The van der Waals surface area contributed by atoms with Crippen molar-refractivity contribution in [1.29, 1.82) is 0 Å². The molecule has 0 heterocycles. The lowest BCUT2D eigenvalue weighted by atomic mass is 10.3. The van der Waals surface area contributed by atoms with Crippen molar-refractivity contribution in [1.82, 2.24) is 0 Å². The van der Waals surface area contributed by atoms with E-state index in [-0.39, 0.29) is 20.6 Å². The number of sulfonamides is 1. The number of hydrogen-bond acceptors (Lipinski definition) is 5. The first kappa shape index (κ1) is 20.4. The Labute approximate surface area is 162 Å². The molecule has 0 radical (unpaired) electrons. The predicted molar refractivity (Wildman–Crippen MR) is 101 cm³/mol. The molecule has 0 bridgehead atoms. The van der Waals surface area contributed by atoms with Crippen LogP contribution in [0.1, 0.15) is 6.92 Å². The van der Waals surface area contributed by atoms with E-state index >= 15 is 0 Å². The standard InChI is InChI=1S/C17H17Cl2NO5S/c1-3-25-14-7-5-13(6-8-14)20(11-17(21)24-2)26(22,23)16-10-12(18)4-9-15(16)19/h4-10H,3,11H2,1-2H3. The van der Waals surface area contributed by atoms with Crippen LogP contribution in [-0.2, 0) is 19.6 Å². The van der Waals surface area contributed by atoms with Crippen molar-refractivity contribution in [2.24, 2.45) is 0 Å². The molecule has 2 aromatic rings. The highest BCUT2D eigenvalue weighted by atomic mass is 35.5. The zero-order valence-corrected chi connectivity index (χ0v) is 16.4. The monoisotopic (exact) mass is 417 g/mol. The maximum atomic E-state index is 13.1. The number of nitrogens with zero attached hydrogens (tertiary/aromatic N) is 1. The number of benzene rings is 2. The summed E-state index contributed by atoms with van der Waals surface area (Å²) in [5, 5.41) is 0.202. The van der Waals surface area contributed by atoms with E-state index in [1.54, 1.807) is 12.1 Å². The fourth-order valence-corrected chi connectivity index (χ4v) is 4.31. The predicted octanol–water partition coefficient (Wildman–Crippen LogP) is 3.76. The minimum atomic E-state index is -4.16. The Morgan fingerprint density at radius 2 is 1.77 bits per heavy atom. The highest BCUT2D eigenvalue weighted by molar-refractivity contribution is 7.93. The first-order chi connectivity index (χ1) is 12.3. The Kier molecular flexibility index (Phi) is 6.75. The van der Waals surface area contributed by atoms with Crippen molar-refractivity contribution in [3.63, 3.8) is 0 Å². The van der Waals surface area contributed by atoms with Crippen LogP contribution in [0.4, 0.5) is 5.69 Å². The highest BCUT2D eigenvalue weighted by Crippen LogP contribution is 2.31. The Balaban J connectivity index is 2.52. The molecule has 0 amide bonds. The average molecular weight is 418 g/mol. The van der Waals surface area contributed by atoms with E-state index in [4.69, 9.17) is 27.9 Å². The Bertz CT molecular complexity index is 885. The van der Waals surface area contributed by atoms with Gasteiger partial charge in [0.15, 0.2) is 0 Å². The SMILES string of the molecule is CCOc1ccc(N(CC(=O)OC)S(=O)(=O)c2cc(Cl)ccc2Cl)cc1. The molecule has 0 N–H and O–H groups in total. The van der Waals surface area contributed by atoms with Crippen LogP contribution in [0.25, 0.3) is 0 Å². The Morgan fingerprint density at radius 3 is 2.35 bits per heavy atom. The smallest absolute Gasteiger partial charge is 0.326 e. The number of rotatable bonds is 7. The maximum absolute atomic E-state index is 13.1. The van der Waals surface area contributed by atoms with E-state index in [2.05, 4.69) is 4.74 Å². The molecule has 2 rings (SSSR count). The molecule has 6 nitrogen and oxygen atoms in total. The molecule has 0 aliphatic rings. The first-order valence-electron chi connectivity index (χ1n) is 7.57. The molecule has 140 valence electrons. The maximum Gasteiger partial charge on any atom is 0.326 e. The van der Waals surface area contributed by atoms with Gasteiger partial charge in [-0.2, -0.15) is 0 Å². The van der Waals surface area contributed by atoms with Gasteiger partial charge in [-0.1, -0.05) is 23.2 Å². The molecule has 0 unspecified atom stereocenters. The average Bonchev–Trinajstić information content (AvgIpc) is 2.62. The Morgan fingerprint density at radius 1 is 1.12 bits per heavy atom. The topological polar surface area (TPSA) is 72.9 Å². The summed E-state index contributed by atoms with van der Waals surface area (Å²) in [5.41, 5.74) is 0.259. The third kappa shape index (κ3) is 4.60. The number of anilines is 1. The molecular formula is C17H17Cl2NO5S. The van der Waals surface area contributed by atoms with Gasteiger partial charge in [-0.3, -0.25) is 9.10 Å². The second-order valence-electron chi connectivity index (χ2n) is 5.09. The lowest BCUT2D eigenvalue weighted by Crippen LogP contribution is -2.36. The summed E-state index contributed by atoms with van der Waals surface area (Å²) < 4.78 is 37.1. The summed E-state index contributed by atoms with van der Waals surface area (Å²) in [4.78, 5) is 11.6. The lowest BCUT2D eigenvalue weighted by Gasteiger charge is -2.24. The van der Waals surface area contributed by atoms with Crippen LogP contribution < -0.4 is 9.04 Å². The molecular weight excluding hydrogens is 401 g/mol. The molecule has 0 aliphatic carbocycles. The summed E-state index contributed by atoms with van der Waals surface area (Å²) in [6.45, 7) is 1.79. The molecule has 0 saturated carbocycles. The summed E-state index contributed by atoms with van der Waals surface area (Å²) in [6, 6.07) is 10.4. The van der Waals surface area contributed by atoms with Crippen molar-refractivity contribution in [3.05, 3.63) is 52.5 Å². The zero-order chi connectivity index (χ0) is 19.3. The van der Waals surface area contributed by atoms with Gasteiger partial charge in [0, 0.05) is 5.02 Å². The van der Waals surface area contributed by atoms with E-state index in [1.807, 2.05) is 6.92 Å². The van der Waals surface area contributed by atoms with Gasteiger partial charge in [-0.05, 0) is 49.4 Å². The highest BCUT2D eigenvalue weighted by Gasteiger charge is 2.29. The van der Waals surface area contributed by atoms with Crippen LogP contribution in [0.3, 0.4) is 0 Å². The zero-order valence-electron chi connectivity index (χ0n) is 14.1. The van der Waals surface area contributed by atoms with E-state index < -0.39 is 22.5 Å². The van der Waals surface area contributed by atoms with Crippen LogP contribution in [0, 0.1) is 0 Å². The molecule has 2 aromatic carbocycles. The molecule has 0 spiro atoms. The van der Waals surface area contributed by atoms with Gasteiger partial charge in [-0.25, -0.2) is 8.42 Å². The van der Waals surface area contributed by atoms with E-state index in [9.17, 15) is 13.2 Å². The number of carbonyl (C=O) groups excluding carboxylic acids is 1. The molecule has 26 heavy (non-hydrogen) atoms. The molecule has 0 aliphatic heterocycles. The van der Waals surface area contributed by atoms with Gasteiger partial charge < -0.3 is 9.47 Å². The molecule has 0 aromatic heterocycles. The largest absolute Gasteiger partial charge is 0.494 e. The molecule has 0 saturated heterocycles. The second kappa shape index (κ2) is 8.62. The number of methoxy groups -OCH3 is 1. The quantitative estimate of drug-likeness (QED) is 0.641. The van der Waals surface area contributed by atoms with Crippen molar-refractivity contribution < 1.29 is 22.7 Å². The van der Waals surface area contributed by atoms with Crippen LogP contribution in [0.15, 0.2) is 47.4 Å². The van der Waals surface area contributed by atoms with Crippen molar-refractivity contribution in [2.75, 3.05) is 24.6 Å². The summed E-state index contributed by atoms with van der Waals surface area (Å²) >= 11 is 12.0. The minimum Gasteiger partial charge on any atom is -0.494 e. The third-order valence-electron chi connectivity index (χ3n) is 3.40. The van der Waals surface area contributed by atoms with Gasteiger partial charge in [-0.15, -0.1) is 0 Å². The minimum absolute atomic E-state index is 0.00444. The van der Waals surface area contributed by atoms with Gasteiger partial charge in [0.05, 0.1) is 24.4 Å². The summed E-state index contributed by atoms with van der Waals surface area (Å²) in [5.74, 6) is -0.145. The van der Waals surface area contributed by atoms with Crippen molar-refractivity contribution in [3.8, 4) is 5.75 Å². The van der Waals surface area contributed by atoms with E-state index in [0.29, 0.717) is 12.4 Å². The van der Waals surface area contributed by atoms with Crippen LogP contribution >= 0.6 is 23.2 Å². The lowest BCUT2D eigenvalue weighted by molar-refractivity contribution is -0.138. The van der Waals surface area contributed by atoms with Crippen LogP contribution in [-0.4, -0.2) is 34.6 Å². The van der Waals surface area contributed by atoms with Crippen LogP contribution in [0.2, 0.25) is 10.0 Å². The second-order valence-corrected chi connectivity index (χ2v) is 7.76. The molecule has 9 heteroatoms. The number of carbonyl (C=O) groups is 1. The number of esters is 1. The van der Waals surface area contributed by atoms with Gasteiger partial charge in [0.1, 0.15) is 17.2 Å². The van der Waals surface area contributed by atoms with E-state index in [0.717, 1.165) is 4.31 Å². The summed E-state index contributed by atoms with van der Waals surface area (Å²) in [6.07, 6.45) is 0. The third-order valence-corrected chi connectivity index (χ3v) is 5.89. The van der Waals surface area contributed by atoms with Gasteiger partial charge in [0.25, 0.3) is 10.0 Å². The fourth-order valence-electron chi connectivity index (χ4n) is 2.17. The van der Waals surface area contributed by atoms with E-state index in [1.165, 1.54) is 37.4 Å². The Hall–Kier alpha value is -1.96. The number of ether oxygens (including phenoxy) is 2. The van der Waals surface area contributed by atoms with Crippen LogP contribution in [0.5, 0.6) is 5.75 Å². The summed E-state index contributed by atoms with van der Waals surface area (Å²) in [7, 11) is -2.98. The molecule has 0 fully saturated rings. The number of hydrogen-bond donors (Lipinski definition) is 0. The van der Waals surface area contributed by atoms with Gasteiger partial charge >= 0.3 is 5.97 Å². The van der Waals surface area contributed by atoms with Gasteiger partial charge in [0.2, 0.25) is 0 Å². The van der Waals surface area contributed by atoms with Crippen molar-refractivity contribution in [2.45, 2.75) is 11.8 Å².